The highest BCUT2D eigenvalue weighted by Gasteiger charge is 2.07. The first-order valence-electron chi connectivity index (χ1n) is 13.7. The van der Waals surface area contributed by atoms with Crippen LogP contribution in [0.25, 0.3) is 0 Å². The topological polar surface area (TPSA) is 26.3 Å². The van der Waals surface area contributed by atoms with Gasteiger partial charge in [-0.2, -0.15) is 0 Å². The van der Waals surface area contributed by atoms with Crippen molar-refractivity contribution in [1.82, 2.24) is 0 Å². The number of rotatable bonds is 25. The maximum absolute atomic E-state index is 12.0. The van der Waals surface area contributed by atoms with E-state index in [0.29, 0.717) is 12.2 Å². The number of hydrogen-bond acceptors (Lipinski definition) is 2. The predicted octanol–water partition coefficient (Wildman–Crippen LogP) is 9.87. The van der Waals surface area contributed by atoms with E-state index in [9.17, 15) is 4.79 Å². The smallest absolute Gasteiger partial charge is 0.333 e. The maximum Gasteiger partial charge on any atom is 0.333 e. The third-order valence-electron chi connectivity index (χ3n) is 6.16. The Morgan fingerprint density at radius 1 is 0.645 bits per heavy atom. The first-order chi connectivity index (χ1) is 15.2. The molecule has 0 fully saturated rings. The minimum atomic E-state index is -0.174. The summed E-state index contributed by atoms with van der Waals surface area (Å²) in [5, 5.41) is 0. The van der Waals surface area contributed by atoms with E-state index in [-0.39, 0.29) is 5.97 Å². The molecule has 0 heterocycles. The van der Waals surface area contributed by atoms with Gasteiger partial charge in [0.2, 0.25) is 0 Å². The van der Waals surface area contributed by atoms with Gasteiger partial charge in [-0.25, -0.2) is 4.79 Å². The minimum absolute atomic E-state index is 0.174. The van der Waals surface area contributed by atoms with E-state index < -0.39 is 0 Å². The van der Waals surface area contributed by atoms with Gasteiger partial charge in [0.05, 0.1) is 6.61 Å². The third-order valence-corrected chi connectivity index (χ3v) is 6.16. The van der Waals surface area contributed by atoms with E-state index in [4.69, 9.17) is 4.74 Å². The SMILES string of the molecule is C=CCCCCCCCCCCCCC(=C)C(=O)OCCCCCCCCCCCC. The Kier molecular flexibility index (Phi) is 24.4. The summed E-state index contributed by atoms with van der Waals surface area (Å²) < 4.78 is 5.39. The lowest BCUT2D eigenvalue weighted by Crippen LogP contribution is -2.08. The second-order valence-corrected chi connectivity index (χ2v) is 9.28. The lowest BCUT2D eigenvalue weighted by Gasteiger charge is -2.07. The summed E-state index contributed by atoms with van der Waals surface area (Å²) in [5.74, 6) is -0.174. The van der Waals surface area contributed by atoms with E-state index in [1.807, 2.05) is 6.08 Å². The number of hydrogen-bond donors (Lipinski definition) is 0. The van der Waals surface area contributed by atoms with Crippen LogP contribution in [-0.2, 0) is 9.53 Å². The van der Waals surface area contributed by atoms with E-state index in [1.165, 1.54) is 116 Å². The largest absolute Gasteiger partial charge is 0.462 e. The van der Waals surface area contributed by atoms with Gasteiger partial charge in [0.1, 0.15) is 0 Å². The van der Waals surface area contributed by atoms with Crippen molar-refractivity contribution < 1.29 is 9.53 Å². The molecule has 0 unspecified atom stereocenters. The molecule has 0 amide bonds. The average Bonchev–Trinajstić information content (AvgIpc) is 2.77. The van der Waals surface area contributed by atoms with Crippen molar-refractivity contribution in [3.8, 4) is 0 Å². The van der Waals surface area contributed by atoms with Gasteiger partial charge in [0.25, 0.3) is 0 Å². The van der Waals surface area contributed by atoms with Crippen molar-refractivity contribution in [3.05, 3.63) is 24.8 Å². The first-order valence-corrected chi connectivity index (χ1v) is 13.7. The number of allylic oxidation sites excluding steroid dienone is 1. The number of carbonyl (C=O) groups is 1. The van der Waals surface area contributed by atoms with Crippen molar-refractivity contribution in [3.63, 3.8) is 0 Å². The highest BCUT2D eigenvalue weighted by molar-refractivity contribution is 5.87. The second-order valence-electron chi connectivity index (χ2n) is 9.28. The van der Waals surface area contributed by atoms with Crippen molar-refractivity contribution in [2.45, 2.75) is 148 Å². The summed E-state index contributed by atoms with van der Waals surface area (Å²) in [6, 6.07) is 0. The first kappa shape index (κ1) is 29.9. The van der Waals surface area contributed by atoms with Gasteiger partial charge < -0.3 is 4.74 Å². The molecule has 0 radical (unpaired) electrons. The molecular formula is C29H54O2. The monoisotopic (exact) mass is 434 g/mol. The summed E-state index contributed by atoms with van der Waals surface area (Å²) >= 11 is 0. The number of carbonyl (C=O) groups excluding carboxylic acids is 1. The Morgan fingerprint density at radius 2 is 1.06 bits per heavy atom. The maximum atomic E-state index is 12.0. The molecule has 0 N–H and O–H groups in total. The second kappa shape index (κ2) is 25.2. The van der Waals surface area contributed by atoms with Crippen LogP contribution in [0.3, 0.4) is 0 Å². The Bertz CT molecular complexity index is 413. The summed E-state index contributed by atoms with van der Waals surface area (Å²) in [6.07, 6.45) is 29.9. The van der Waals surface area contributed by atoms with Crippen molar-refractivity contribution in [1.29, 1.82) is 0 Å². The zero-order chi connectivity index (χ0) is 22.8. The minimum Gasteiger partial charge on any atom is -0.462 e. The van der Waals surface area contributed by atoms with E-state index in [1.54, 1.807) is 0 Å². The molecule has 182 valence electrons. The number of unbranched alkanes of at least 4 members (excludes halogenated alkanes) is 19. The number of ether oxygens (including phenoxy) is 1. The standard InChI is InChI=1S/C29H54O2/c1-4-6-8-10-12-14-16-17-18-20-22-24-26-28(3)29(30)31-27-25-23-21-19-15-13-11-9-7-5-2/h4H,1,3,5-27H2,2H3. The Morgan fingerprint density at radius 3 is 1.55 bits per heavy atom. The average molecular weight is 435 g/mol. The van der Waals surface area contributed by atoms with E-state index >= 15 is 0 Å². The molecule has 0 aliphatic carbocycles. The highest BCUT2D eigenvalue weighted by Crippen LogP contribution is 2.15. The van der Waals surface area contributed by atoms with Crippen molar-refractivity contribution in [2.24, 2.45) is 0 Å². The molecule has 0 aromatic heterocycles. The Hall–Kier alpha value is -1.05. The molecule has 2 heteroatoms. The molecule has 0 bridgehead atoms. The molecule has 0 atom stereocenters. The van der Waals surface area contributed by atoms with Crippen LogP contribution in [0.4, 0.5) is 0 Å². The lowest BCUT2D eigenvalue weighted by molar-refractivity contribution is -0.139. The van der Waals surface area contributed by atoms with Crippen LogP contribution in [0.5, 0.6) is 0 Å². The van der Waals surface area contributed by atoms with E-state index in [2.05, 4.69) is 20.1 Å². The molecule has 0 aromatic rings. The fourth-order valence-corrected chi connectivity index (χ4v) is 4.00. The molecule has 0 aromatic carbocycles. The number of esters is 1. The predicted molar refractivity (Wildman–Crippen MR) is 138 cm³/mol. The highest BCUT2D eigenvalue weighted by atomic mass is 16.5. The van der Waals surface area contributed by atoms with Crippen molar-refractivity contribution >= 4 is 5.97 Å². The van der Waals surface area contributed by atoms with Crippen LogP contribution in [-0.4, -0.2) is 12.6 Å². The summed E-state index contributed by atoms with van der Waals surface area (Å²) in [4.78, 5) is 12.0. The van der Waals surface area contributed by atoms with Crippen LogP contribution in [0.2, 0.25) is 0 Å². The van der Waals surface area contributed by atoms with Gasteiger partial charge in [-0.15, -0.1) is 6.58 Å². The summed E-state index contributed by atoms with van der Waals surface area (Å²) in [5.41, 5.74) is 0.659. The fraction of sp³-hybridized carbons (Fsp3) is 0.828. The Labute approximate surface area is 195 Å². The third kappa shape index (κ3) is 23.4. The molecule has 31 heavy (non-hydrogen) atoms. The fourth-order valence-electron chi connectivity index (χ4n) is 4.00. The van der Waals surface area contributed by atoms with Gasteiger partial charge in [-0.3, -0.25) is 0 Å². The van der Waals surface area contributed by atoms with Gasteiger partial charge >= 0.3 is 5.97 Å². The summed E-state index contributed by atoms with van der Waals surface area (Å²) in [6.45, 7) is 10.5. The zero-order valence-corrected chi connectivity index (χ0v) is 21.1. The van der Waals surface area contributed by atoms with Crippen LogP contribution in [0.1, 0.15) is 148 Å². The molecule has 0 rings (SSSR count). The van der Waals surface area contributed by atoms with Gasteiger partial charge in [0.15, 0.2) is 0 Å². The molecule has 2 nitrogen and oxygen atoms in total. The Balaban J connectivity index is 3.32. The zero-order valence-electron chi connectivity index (χ0n) is 21.1. The van der Waals surface area contributed by atoms with Gasteiger partial charge in [-0.1, -0.05) is 129 Å². The van der Waals surface area contributed by atoms with Crippen LogP contribution < -0.4 is 0 Å². The van der Waals surface area contributed by atoms with Gasteiger partial charge in [0, 0.05) is 5.57 Å². The van der Waals surface area contributed by atoms with Crippen LogP contribution >= 0.6 is 0 Å². The summed E-state index contributed by atoms with van der Waals surface area (Å²) in [7, 11) is 0. The van der Waals surface area contributed by atoms with Crippen molar-refractivity contribution in [2.75, 3.05) is 6.61 Å². The van der Waals surface area contributed by atoms with E-state index in [0.717, 1.165) is 25.7 Å². The molecule has 0 aliphatic rings. The quantitative estimate of drug-likeness (QED) is 0.0618. The molecule has 0 aliphatic heterocycles. The molecule has 0 saturated heterocycles. The van der Waals surface area contributed by atoms with Gasteiger partial charge in [-0.05, 0) is 32.1 Å². The van der Waals surface area contributed by atoms with Crippen LogP contribution in [0.15, 0.2) is 24.8 Å². The molecule has 0 saturated carbocycles. The molecular weight excluding hydrogens is 380 g/mol. The lowest BCUT2D eigenvalue weighted by atomic mass is 10.0. The molecule has 0 spiro atoms. The van der Waals surface area contributed by atoms with Crippen LogP contribution in [0, 0.1) is 0 Å². The normalized spacial score (nSPS) is 10.9.